The van der Waals surface area contributed by atoms with Crippen molar-refractivity contribution in [2.24, 2.45) is 12.0 Å². The van der Waals surface area contributed by atoms with E-state index in [9.17, 15) is 5.26 Å². The number of aromatic nitrogens is 1. The van der Waals surface area contributed by atoms with Crippen molar-refractivity contribution in [2.45, 2.75) is 6.54 Å². The third-order valence-electron chi connectivity index (χ3n) is 3.13. The lowest BCUT2D eigenvalue weighted by atomic mass is 10.2. The summed E-state index contributed by atoms with van der Waals surface area (Å²) in [5.41, 5.74) is 8.80. The van der Waals surface area contributed by atoms with E-state index in [0.29, 0.717) is 29.1 Å². The zero-order valence-corrected chi connectivity index (χ0v) is 11.6. The highest BCUT2D eigenvalue weighted by Crippen LogP contribution is 2.13. The maximum atomic E-state index is 9.34. The summed E-state index contributed by atoms with van der Waals surface area (Å²) in [6.07, 6.45) is 0. The van der Waals surface area contributed by atoms with Crippen molar-refractivity contribution in [3.63, 3.8) is 0 Å². The molecular weight excluding hydrogens is 250 g/mol. The molecule has 102 valence electrons. The molecule has 0 unspecified atom stereocenters. The molecule has 0 amide bonds. The molecule has 20 heavy (non-hydrogen) atoms. The Balaban J connectivity index is 2.55. The predicted octanol–water partition coefficient (Wildman–Crippen LogP) is 1.62. The van der Waals surface area contributed by atoms with Crippen LogP contribution in [-0.2, 0) is 13.6 Å². The smallest absolute Gasteiger partial charge is 0.149 e. The van der Waals surface area contributed by atoms with Crippen LogP contribution in [-0.4, -0.2) is 11.6 Å². The Morgan fingerprint density at radius 2 is 2.05 bits per heavy atom. The highest BCUT2D eigenvalue weighted by molar-refractivity contribution is 5.60. The average molecular weight is 267 g/mol. The number of nitrogens with two attached hydrogens (primary N) is 1. The zero-order valence-electron chi connectivity index (χ0n) is 11.6. The Morgan fingerprint density at radius 3 is 2.65 bits per heavy atom. The molecule has 0 bridgehead atoms. The van der Waals surface area contributed by atoms with Crippen molar-refractivity contribution in [1.82, 2.24) is 4.57 Å². The fraction of sp³-hybridized carbons (Fsp3) is 0.200. The van der Waals surface area contributed by atoms with Crippen molar-refractivity contribution in [3.8, 4) is 6.07 Å². The van der Waals surface area contributed by atoms with Gasteiger partial charge in [-0.15, -0.1) is 0 Å². The zero-order chi connectivity index (χ0) is 14.5. The summed E-state index contributed by atoms with van der Waals surface area (Å²) < 4.78 is 1.72. The summed E-state index contributed by atoms with van der Waals surface area (Å²) in [7, 11) is 3.57. The molecule has 3 N–H and O–H groups in total. The molecule has 0 aliphatic rings. The van der Waals surface area contributed by atoms with E-state index in [4.69, 9.17) is 5.73 Å². The molecule has 0 radical (unpaired) electrons. The number of rotatable bonds is 3. The predicted molar refractivity (Wildman–Crippen MR) is 79.8 cm³/mol. The van der Waals surface area contributed by atoms with Crippen LogP contribution in [0.1, 0.15) is 11.1 Å². The molecule has 1 aromatic heterocycles. The number of anilines is 2. The molecular formula is C15H17N5. The third kappa shape index (κ3) is 2.64. The molecule has 0 saturated carbocycles. The average Bonchev–Trinajstić information content (AvgIpc) is 2.49. The van der Waals surface area contributed by atoms with E-state index in [1.54, 1.807) is 24.7 Å². The van der Waals surface area contributed by atoms with Gasteiger partial charge >= 0.3 is 0 Å². The Labute approximate surface area is 118 Å². The summed E-state index contributed by atoms with van der Waals surface area (Å²) in [6, 6.07) is 13.8. The normalized spacial score (nSPS) is 11.2. The van der Waals surface area contributed by atoms with Crippen LogP contribution in [0.3, 0.4) is 0 Å². The minimum atomic E-state index is 0.500. The van der Waals surface area contributed by atoms with Gasteiger partial charge in [0, 0.05) is 20.2 Å². The van der Waals surface area contributed by atoms with Crippen LogP contribution in [0, 0.1) is 11.3 Å². The number of nitrogens with zero attached hydrogens (tertiary/aromatic N) is 3. The van der Waals surface area contributed by atoms with Crippen LogP contribution in [0.4, 0.5) is 11.5 Å². The van der Waals surface area contributed by atoms with Crippen molar-refractivity contribution in [3.05, 3.63) is 53.0 Å². The van der Waals surface area contributed by atoms with Crippen molar-refractivity contribution in [2.75, 3.05) is 18.1 Å². The molecule has 5 heteroatoms. The molecule has 1 aromatic carbocycles. The van der Waals surface area contributed by atoms with E-state index in [1.807, 2.05) is 30.3 Å². The first-order chi connectivity index (χ1) is 9.67. The lowest BCUT2D eigenvalue weighted by Crippen LogP contribution is -2.25. The topological polar surface area (TPSA) is 79.1 Å². The monoisotopic (exact) mass is 267 g/mol. The second-order valence-electron chi connectivity index (χ2n) is 4.40. The van der Waals surface area contributed by atoms with Crippen LogP contribution in [0.2, 0.25) is 0 Å². The van der Waals surface area contributed by atoms with Crippen LogP contribution in [0.5, 0.6) is 0 Å². The van der Waals surface area contributed by atoms with Crippen molar-refractivity contribution >= 4 is 11.5 Å². The Bertz CT molecular complexity index is 708. The van der Waals surface area contributed by atoms with Gasteiger partial charge < -0.3 is 15.6 Å². The Hall–Kier alpha value is -2.74. The number of hydrogen-bond acceptors (Lipinski definition) is 4. The largest absolute Gasteiger partial charge is 0.387 e. The summed E-state index contributed by atoms with van der Waals surface area (Å²) in [5.74, 6) is 0.556. The lowest BCUT2D eigenvalue weighted by molar-refractivity contribution is 0.809. The molecule has 0 atom stereocenters. The summed E-state index contributed by atoms with van der Waals surface area (Å²) in [5, 5.41) is 12.3. The number of nitriles is 1. The molecule has 5 nitrogen and oxygen atoms in total. The standard InChI is InChI=1S/C15H17N5/c1-18-13-8-14(17)20(2)15(12(13)9-16)19-10-11-6-4-3-5-7-11/h3-8,18H,10,17H2,1-2H3. The molecule has 0 aliphatic carbocycles. The van der Waals surface area contributed by atoms with Crippen molar-refractivity contribution in [1.29, 1.82) is 5.26 Å². The van der Waals surface area contributed by atoms with E-state index in [0.717, 1.165) is 5.56 Å². The summed E-state index contributed by atoms with van der Waals surface area (Å²) in [6.45, 7) is 0.510. The third-order valence-corrected chi connectivity index (χ3v) is 3.13. The van der Waals surface area contributed by atoms with Gasteiger partial charge in [-0.25, -0.2) is 0 Å². The minimum absolute atomic E-state index is 0.500. The number of benzene rings is 1. The van der Waals surface area contributed by atoms with Gasteiger partial charge in [-0.3, -0.25) is 4.99 Å². The first kappa shape index (κ1) is 13.7. The number of nitrogens with one attached hydrogen (secondary N) is 1. The Morgan fingerprint density at radius 1 is 1.35 bits per heavy atom. The van der Waals surface area contributed by atoms with E-state index in [-0.39, 0.29) is 0 Å². The van der Waals surface area contributed by atoms with E-state index >= 15 is 0 Å². The lowest BCUT2D eigenvalue weighted by Gasteiger charge is -2.11. The molecule has 0 aliphatic heterocycles. The molecule has 2 aromatic rings. The van der Waals surface area contributed by atoms with Gasteiger partial charge in [0.15, 0.2) is 0 Å². The number of hydrogen-bond donors (Lipinski definition) is 2. The van der Waals surface area contributed by atoms with Crippen LogP contribution < -0.4 is 16.5 Å². The van der Waals surface area contributed by atoms with Gasteiger partial charge in [0.25, 0.3) is 0 Å². The van der Waals surface area contributed by atoms with Gasteiger partial charge in [-0.1, -0.05) is 30.3 Å². The van der Waals surface area contributed by atoms with E-state index in [1.165, 1.54) is 0 Å². The number of nitrogen functional groups attached to an aromatic ring is 1. The quantitative estimate of drug-likeness (QED) is 0.887. The van der Waals surface area contributed by atoms with Gasteiger partial charge in [-0.2, -0.15) is 5.26 Å². The SMILES string of the molecule is CNc1cc(N)n(C)c(=NCc2ccccc2)c1C#N. The van der Waals surface area contributed by atoms with E-state index < -0.39 is 0 Å². The molecule has 0 spiro atoms. The molecule has 2 rings (SSSR count). The second-order valence-corrected chi connectivity index (χ2v) is 4.40. The highest BCUT2D eigenvalue weighted by Gasteiger charge is 2.08. The molecule has 1 heterocycles. The summed E-state index contributed by atoms with van der Waals surface area (Å²) in [4.78, 5) is 4.54. The maximum absolute atomic E-state index is 9.34. The first-order valence-electron chi connectivity index (χ1n) is 6.29. The Kier molecular flexibility index (Phi) is 4.06. The fourth-order valence-electron chi connectivity index (χ4n) is 1.97. The first-order valence-corrected chi connectivity index (χ1v) is 6.29. The van der Waals surface area contributed by atoms with Gasteiger partial charge in [0.2, 0.25) is 0 Å². The molecule has 0 fully saturated rings. The van der Waals surface area contributed by atoms with Crippen LogP contribution in [0.25, 0.3) is 0 Å². The van der Waals surface area contributed by atoms with Crippen molar-refractivity contribution < 1.29 is 0 Å². The fourth-order valence-corrected chi connectivity index (χ4v) is 1.97. The van der Waals surface area contributed by atoms with Crippen LogP contribution >= 0.6 is 0 Å². The summed E-state index contributed by atoms with van der Waals surface area (Å²) >= 11 is 0. The van der Waals surface area contributed by atoms with Gasteiger partial charge in [0.05, 0.1) is 12.2 Å². The maximum Gasteiger partial charge on any atom is 0.149 e. The van der Waals surface area contributed by atoms with Crippen LogP contribution in [0.15, 0.2) is 41.4 Å². The van der Waals surface area contributed by atoms with Gasteiger partial charge in [0.1, 0.15) is 22.9 Å². The van der Waals surface area contributed by atoms with E-state index in [2.05, 4.69) is 16.4 Å². The highest BCUT2D eigenvalue weighted by atomic mass is 15.1. The number of pyridine rings is 1. The minimum Gasteiger partial charge on any atom is -0.387 e. The molecule has 0 saturated heterocycles. The second kappa shape index (κ2) is 5.93. The van der Waals surface area contributed by atoms with Gasteiger partial charge in [-0.05, 0) is 5.56 Å².